The van der Waals surface area contributed by atoms with Crippen molar-refractivity contribution in [2.75, 3.05) is 0 Å². The zero-order valence-electron chi connectivity index (χ0n) is 4.29. The summed E-state index contributed by atoms with van der Waals surface area (Å²) in [6.45, 7) is 0. The quantitative estimate of drug-likeness (QED) is 0.419. The van der Waals surface area contributed by atoms with Crippen molar-refractivity contribution < 1.29 is 19.8 Å². The molecule has 0 aliphatic heterocycles. The third-order valence-electron chi connectivity index (χ3n) is 0. The third-order valence-corrected chi connectivity index (χ3v) is 0. The Morgan fingerprint density at radius 1 is 1.00 bits per heavy atom. The second-order valence-electron chi connectivity index (χ2n) is 0.638. The summed E-state index contributed by atoms with van der Waals surface area (Å²) in [5, 5.41) is 17.3. The van der Waals surface area contributed by atoms with Crippen LogP contribution in [0.25, 0.3) is 0 Å². The van der Waals surface area contributed by atoms with Gasteiger partial charge in [0.2, 0.25) is 0 Å². The maximum Gasteiger partial charge on any atom is 2.00 e. The molecule has 2 amide bonds. The number of nitrogens with two attached hydrogens (primary N) is 2. The second kappa shape index (κ2) is 10.3. The fourth-order valence-corrected chi connectivity index (χ4v) is 0. The monoisotopic (exact) mass is 240 g/mol. The molecule has 4 N–H and O–H groups in total. The van der Waals surface area contributed by atoms with E-state index in [1.54, 1.807) is 0 Å². The summed E-state index contributed by atoms with van der Waals surface area (Å²) in [7, 11) is 0. The van der Waals surface area contributed by atoms with Gasteiger partial charge in [0.05, 0.1) is 0 Å². The topological polar surface area (TPSA) is 132 Å². The van der Waals surface area contributed by atoms with Crippen LogP contribution in [0.1, 0.15) is 0 Å². The van der Waals surface area contributed by atoms with Gasteiger partial charge in [-0.05, 0) is 0 Å². The number of primary amides is 2. The van der Waals surface area contributed by atoms with Gasteiger partial charge in [0.15, 0.2) is 0 Å². The minimum Gasteiger partial charge on any atom is -0.530 e. The van der Waals surface area contributed by atoms with E-state index in [1.165, 1.54) is 0 Å². The molecule has 0 aromatic carbocycles. The molecule has 0 heterocycles. The minimum absolute atomic E-state index is 0. The second-order valence-corrected chi connectivity index (χ2v) is 0.638. The number of carboxylic acid groups (broad SMARTS) is 2. The van der Waals surface area contributed by atoms with Crippen LogP contribution in [0.4, 0.5) is 9.59 Å². The summed E-state index contributed by atoms with van der Waals surface area (Å²) in [6.07, 6.45) is -3.17. The summed E-state index contributed by atoms with van der Waals surface area (Å²) in [5.74, 6) is 0. The number of amides is 2. The van der Waals surface area contributed by atoms with Gasteiger partial charge in [0, 0.05) is 0 Å². The molecule has 0 rings (SSSR count). The average molecular weight is 239 g/mol. The van der Waals surface area contributed by atoms with Crippen molar-refractivity contribution in [2.24, 2.45) is 11.5 Å². The van der Waals surface area contributed by atoms with Crippen LogP contribution in [0.15, 0.2) is 0 Å². The smallest absolute Gasteiger partial charge is 0.530 e. The number of hydrogen-bond acceptors (Lipinski definition) is 4. The Kier molecular flexibility index (Phi) is 18.1. The van der Waals surface area contributed by atoms with E-state index in [9.17, 15) is 0 Å². The molecule has 2 radical (unpaired) electrons. The first kappa shape index (κ1) is 15.8. The Morgan fingerprint density at radius 3 is 1.00 bits per heavy atom. The molecular weight excluding hydrogens is 235 g/mol. The standard InChI is InChI=1S/2CH3NO2.Sn/c2*2-1(3)4;/h2*2H2,(H,3,4);/q;;+2/p-2. The van der Waals surface area contributed by atoms with Crippen LogP contribution in [-0.4, -0.2) is 36.1 Å². The Bertz CT molecular complexity index is 74.6. The molecule has 0 aliphatic rings. The van der Waals surface area contributed by atoms with Gasteiger partial charge in [0.25, 0.3) is 0 Å². The molecule has 7 heteroatoms. The van der Waals surface area contributed by atoms with Crippen LogP contribution in [0.2, 0.25) is 0 Å². The van der Waals surface area contributed by atoms with E-state index in [-0.39, 0.29) is 23.9 Å². The van der Waals surface area contributed by atoms with Crippen LogP contribution >= 0.6 is 0 Å². The number of carbonyl (C=O) groups excluding carboxylic acids is 2. The van der Waals surface area contributed by atoms with Gasteiger partial charge < -0.3 is 31.3 Å². The van der Waals surface area contributed by atoms with Crippen LogP contribution in [0, 0.1) is 0 Å². The van der Waals surface area contributed by atoms with Crippen molar-refractivity contribution in [3.63, 3.8) is 0 Å². The SMILES string of the molecule is NC(=O)[O-].NC(=O)[O-].[Sn+2]. The Balaban J connectivity index is -0.0000000720. The molecule has 9 heavy (non-hydrogen) atoms. The largest absolute Gasteiger partial charge is 2.00 e. The van der Waals surface area contributed by atoms with Crippen molar-refractivity contribution in [1.82, 2.24) is 0 Å². The summed E-state index contributed by atoms with van der Waals surface area (Å²) in [6, 6.07) is 0. The van der Waals surface area contributed by atoms with Crippen molar-refractivity contribution >= 4 is 36.1 Å². The molecule has 0 unspecified atom stereocenters. The molecule has 6 nitrogen and oxygen atoms in total. The van der Waals surface area contributed by atoms with Crippen molar-refractivity contribution in [2.45, 2.75) is 0 Å². The zero-order chi connectivity index (χ0) is 7.15. The van der Waals surface area contributed by atoms with E-state index in [0.29, 0.717) is 0 Å². The van der Waals surface area contributed by atoms with Gasteiger partial charge in [-0.2, -0.15) is 0 Å². The molecule has 0 atom stereocenters. The van der Waals surface area contributed by atoms with Crippen LogP contribution < -0.4 is 21.7 Å². The first-order valence-electron chi connectivity index (χ1n) is 1.39. The van der Waals surface area contributed by atoms with Gasteiger partial charge in [-0.3, -0.25) is 0 Å². The Hall–Kier alpha value is -0.661. The molecule has 0 saturated carbocycles. The fourth-order valence-electron chi connectivity index (χ4n) is 0. The van der Waals surface area contributed by atoms with E-state index < -0.39 is 12.2 Å². The van der Waals surface area contributed by atoms with E-state index >= 15 is 0 Å². The molecule has 0 aromatic rings. The predicted octanol–water partition coefficient (Wildman–Crippen LogP) is -3.80. The molecular formula is C2H4N2O4Sn. The van der Waals surface area contributed by atoms with Crippen LogP contribution in [0.3, 0.4) is 0 Å². The normalized spacial score (nSPS) is 5.33. The molecule has 0 fully saturated rings. The van der Waals surface area contributed by atoms with E-state index in [0.717, 1.165) is 0 Å². The zero-order valence-corrected chi connectivity index (χ0v) is 7.14. The van der Waals surface area contributed by atoms with Crippen LogP contribution in [0.5, 0.6) is 0 Å². The number of rotatable bonds is 0. The van der Waals surface area contributed by atoms with E-state index in [2.05, 4.69) is 11.5 Å². The van der Waals surface area contributed by atoms with E-state index in [1.807, 2.05) is 0 Å². The van der Waals surface area contributed by atoms with E-state index in [4.69, 9.17) is 19.8 Å². The minimum atomic E-state index is -1.58. The van der Waals surface area contributed by atoms with Gasteiger partial charge >= 0.3 is 23.9 Å². The predicted molar refractivity (Wildman–Crippen MR) is 24.9 cm³/mol. The summed E-state index contributed by atoms with van der Waals surface area (Å²) >= 11 is 0. The summed E-state index contributed by atoms with van der Waals surface area (Å²) in [5.41, 5.74) is 7.83. The summed E-state index contributed by atoms with van der Waals surface area (Å²) < 4.78 is 0. The third kappa shape index (κ3) is 478. The average Bonchev–Trinajstić information content (AvgIpc) is 1.25. The molecule has 50 valence electrons. The molecule has 0 spiro atoms. The Morgan fingerprint density at radius 2 is 1.00 bits per heavy atom. The van der Waals surface area contributed by atoms with Gasteiger partial charge in [-0.1, -0.05) is 0 Å². The van der Waals surface area contributed by atoms with Crippen molar-refractivity contribution in [1.29, 1.82) is 0 Å². The Labute approximate surface area is 67.8 Å². The van der Waals surface area contributed by atoms with Crippen molar-refractivity contribution in [3.8, 4) is 0 Å². The fraction of sp³-hybridized carbons (Fsp3) is 0. The first-order valence-corrected chi connectivity index (χ1v) is 1.39. The first-order chi connectivity index (χ1) is 3.46. The molecule has 0 aliphatic carbocycles. The maximum atomic E-state index is 8.67. The molecule has 0 aromatic heterocycles. The molecule has 0 bridgehead atoms. The number of hydrogen-bond donors (Lipinski definition) is 2. The maximum absolute atomic E-state index is 8.67. The van der Waals surface area contributed by atoms with Gasteiger partial charge in [0.1, 0.15) is 12.2 Å². The molecule has 0 saturated heterocycles. The van der Waals surface area contributed by atoms with Crippen molar-refractivity contribution in [3.05, 3.63) is 0 Å². The van der Waals surface area contributed by atoms with Crippen LogP contribution in [-0.2, 0) is 0 Å². The van der Waals surface area contributed by atoms with Gasteiger partial charge in [-0.25, -0.2) is 0 Å². The summed E-state index contributed by atoms with van der Waals surface area (Å²) in [4.78, 5) is 17.3. The van der Waals surface area contributed by atoms with Gasteiger partial charge in [-0.15, -0.1) is 0 Å². The number of carbonyl (C=O) groups is 2.